The third-order valence-corrected chi connectivity index (χ3v) is 3.74. The molecule has 1 N–H and O–H groups in total. The Balaban J connectivity index is 1.94. The van der Waals surface area contributed by atoms with E-state index in [1.807, 2.05) is 25.2 Å². The summed E-state index contributed by atoms with van der Waals surface area (Å²) in [6.45, 7) is 2.49. The van der Waals surface area contributed by atoms with Gasteiger partial charge in [-0.05, 0) is 61.9 Å². The normalized spacial score (nSPS) is 12.2. The Labute approximate surface area is 133 Å². The molecule has 0 saturated heterocycles. The van der Waals surface area contributed by atoms with Crippen molar-refractivity contribution >= 4 is 15.9 Å². The number of ether oxygens (including phenoxy) is 1. The Morgan fingerprint density at radius 1 is 1.14 bits per heavy atom. The second-order valence-corrected chi connectivity index (χ2v) is 6.02. The average molecular weight is 352 g/mol. The lowest BCUT2D eigenvalue weighted by atomic mass is 10.1. The van der Waals surface area contributed by atoms with E-state index in [4.69, 9.17) is 4.74 Å². The van der Waals surface area contributed by atoms with Gasteiger partial charge >= 0.3 is 0 Å². The molecule has 0 radical (unpaired) electrons. The van der Waals surface area contributed by atoms with Crippen molar-refractivity contribution in [3.8, 4) is 5.75 Å². The van der Waals surface area contributed by atoms with Crippen LogP contribution in [0.2, 0.25) is 0 Å². The largest absolute Gasteiger partial charge is 0.489 e. The first-order valence-electron chi connectivity index (χ1n) is 6.91. The Bertz CT molecular complexity index is 566. The highest BCUT2D eigenvalue weighted by molar-refractivity contribution is 9.10. The van der Waals surface area contributed by atoms with Crippen molar-refractivity contribution in [2.75, 3.05) is 7.05 Å². The molecule has 4 heteroatoms. The molecule has 0 fully saturated rings. The smallest absolute Gasteiger partial charge is 0.124 e. The lowest BCUT2D eigenvalue weighted by Crippen LogP contribution is -2.23. The highest BCUT2D eigenvalue weighted by atomic mass is 79.9. The number of hydrogen-bond donors (Lipinski definition) is 1. The first kappa shape index (κ1) is 16.0. The summed E-state index contributed by atoms with van der Waals surface area (Å²) >= 11 is 3.28. The summed E-state index contributed by atoms with van der Waals surface area (Å²) in [5.74, 6) is 0.524. The molecule has 1 atom stereocenters. The van der Waals surface area contributed by atoms with E-state index in [0.29, 0.717) is 12.6 Å². The molecule has 112 valence electrons. The van der Waals surface area contributed by atoms with Crippen LogP contribution in [0.1, 0.15) is 18.1 Å². The van der Waals surface area contributed by atoms with Gasteiger partial charge in [0.05, 0.1) is 0 Å². The minimum absolute atomic E-state index is 0.264. The van der Waals surface area contributed by atoms with Gasteiger partial charge in [0.1, 0.15) is 18.2 Å². The molecule has 21 heavy (non-hydrogen) atoms. The SMILES string of the molecule is CNC(C)Cc1ccc(OCc2cc(F)cc(Br)c2)cc1. The van der Waals surface area contributed by atoms with E-state index in [1.165, 1.54) is 17.7 Å². The molecule has 0 aromatic heterocycles. The van der Waals surface area contributed by atoms with Gasteiger partial charge in [0, 0.05) is 10.5 Å². The van der Waals surface area contributed by atoms with Gasteiger partial charge in [-0.15, -0.1) is 0 Å². The molecule has 2 rings (SSSR count). The zero-order valence-corrected chi connectivity index (χ0v) is 13.8. The van der Waals surface area contributed by atoms with Crippen LogP contribution >= 0.6 is 15.9 Å². The number of nitrogens with one attached hydrogen (secondary N) is 1. The van der Waals surface area contributed by atoms with Crippen LogP contribution in [0.15, 0.2) is 46.9 Å². The second kappa shape index (κ2) is 7.57. The summed E-state index contributed by atoms with van der Waals surface area (Å²) in [6, 6.07) is 13.2. The monoisotopic (exact) mass is 351 g/mol. The zero-order valence-electron chi connectivity index (χ0n) is 12.2. The van der Waals surface area contributed by atoms with Crippen LogP contribution in [0.3, 0.4) is 0 Å². The Morgan fingerprint density at radius 3 is 2.48 bits per heavy atom. The highest BCUT2D eigenvalue weighted by Crippen LogP contribution is 2.18. The summed E-state index contributed by atoms with van der Waals surface area (Å²) in [7, 11) is 1.96. The van der Waals surface area contributed by atoms with Crippen LogP contribution in [0.4, 0.5) is 4.39 Å². The van der Waals surface area contributed by atoms with Gasteiger partial charge in [0.15, 0.2) is 0 Å². The van der Waals surface area contributed by atoms with Crippen LogP contribution < -0.4 is 10.1 Å². The van der Waals surface area contributed by atoms with E-state index < -0.39 is 0 Å². The molecule has 0 aliphatic rings. The van der Waals surface area contributed by atoms with Crippen molar-refractivity contribution in [1.29, 1.82) is 0 Å². The lowest BCUT2D eigenvalue weighted by molar-refractivity contribution is 0.305. The molecule has 2 nitrogen and oxygen atoms in total. The quantitative estimate of drug-likeness (QED) is 0.836. The number of likely N-dealkylation sites (N-methyl/N-ethyl adjacent to an activating group) is 1. The molecular formula is C17H19BrFNO. The van der Waals surface area contributed by atoms with Crippen LogP contribution in [0, 0.1) is 5.82 Å². The van der Waals surface area contributed by atoms with Gasteiger partial charge < -0.3 is 10.1 Å². The molecule has 0 bridgehead atoms. The first-order chi connectivity index (χ1) is 10.1. The predicted molar refractivity (Wildman–Crippen MR) is 87.1 cm³/mol. The maximum absolute atomic E-state index is 13.3. The fourth-order valence-electron chi connectivity index (χ4n) is 2.04. The standard InChI is InChI=1S/C17H19BrFNO/c1-12(20-2)7-13-3-5-17(6-4-13)21-11-14-8-15(18)10-16(19)9-14/h3-6,8-10,12,20H,7,11H2,1-2H3. The predicted octanol–water partition coefficient (Wildman–Crippen LogP) is 4.32. The third-order valence-electron chi connectivity index (χ3n) is 3.29. The minimum atomic E-state index is -0.264. The van der Waals surface area contributed by atoms with E-state index in [-0.39, 0.29) is 5.82 Å². The van der Waals surface area contributed by atoms with Crippen molar-refractivity contribution in [3.63, 3.8) is 0 Å². The van der Waals surface area contributed by atoms with Gasteiger partial charge in [-0.25, -0.2) is 4.39 Å². The van der Waals surface area contributed by atoms with E-state index in [1.54, 1.807) is 0 Å². The topological polar surface area (TPSA) is 21.3 Å². The average Bonchev–Trinajstić information content (AvgIpc) is 2.45. The van der Waals surface area contributed by atoms with E-state index in [2.05, 4.69) is 40.3 Å². The summed E-state index contributed by atoms with van der Waals surface area (Å²) in [5.41, 5.74) is 2.06. The molecule has 0 spiro atoms. The molecular weight excluding hydrogens is 333 g/mol. The van der Waals surface area contributed by atoms with Crippen molar-refractivity contribution in [2.45, 2.75) is 26.0 Å². The summed E-state index contributed by atoms with van der Waals surface area (Å²) in [5, 5.41) is 3.21. The summed E-state index contributed by atoms with van der Waals surface area (Å²) < 4.78 is 19.7. The van der Waals surface area contributed by atoms with Crippen molar-refractivity contribution < 1.29 is 9.13 Å². The molecule has 0 aliphatic heterocycles. The number of halogens is 2. The molecule has 0 aliphatic carbocycles. The van der Waals surface area contributed by atoms with Gasteiger partial charge in [-0.3, -0.25) is 0 Å². The molecule has 0 saturated carbocycles. The number of benzene rings is 2. The van der Waals surface area contributed by atoms with Gasteiger partial charge in [0.25, 0.3) is 0 Å². The Morgan fingerprint density at radius 2 is 1.86 bits per heavy atom. The Hall–Kier alpha value is -1.39. The van der Waals surface area contributed by atoms with Crippen LogP contribution in [-0.4, -0.2) is 13.1 Å². The lowest BCUT2D eigenvalue weighted by Gasteiger charge is -2.11. The minimum Gasteiger partial charge on any atom is -0.489 e. The van der Waals surface area contributed by atoms with E-state index >= 15 is 0 Å². The van der Waals surface area contributed by atoms with Crippen LogP contribution in [0.25, 0.3) is 0 Å². The maximum atomic E-state index is 13.3. The molecule has 1 unspecified atom stereocenters. The maximum Gasteiger partial charge on any atom is 0.124 e. The molecule has 0 heterocycles. The van der Waals surface area contributed by atoms with E-state index in [0.717, 1.165) is 22.2 Å². The Kier molecular flexibility index (Phi) is 5.76. The van der Waals surface area contributed by atoms with Crippen molar-refractivity contribution in [2.24, 2.45) is 0 Å². The zero-order chi connectivity index (χ0) is 15.2. The van der Waals surface area contributed by atoms with Crippen molar-refractivity contribution in [1.82, 2.24) is 5.32 Å². The van der Waals surface area contributed by atoms with Gasteiger partial charge in [-0.2, -0.15) is 0 Å². The first-order valence-corrected chi connectivity index (χ1v) is 7.70. The fourth-order valence-corrected chi connectivity index (χ4v) is 2.55. The molecule has 2 aromatic carbocycles. The fraction of sp³-hybridized carbons (Fsp3) is 0.294. The summed E-state index contributed by atoms with van der Waals surface area (Å²) in [6.07, 6.45) is 0.980. The number of hydrogen-bond acceptors (Lipinski definition) is 2. The van der Waals surface area contributed by atoms with Crippen LogP contribution in [-0.2, 0) is 13.0 Å². The molecule has 2 aromatic rings. The van der Waals surface area contributed by atoms with Crippen LogP contribution in [0.5, 0.6) is 5.75 Å². The second-order valence-electron chi connectivity index (χ2n) is 5.10. The summed E-state index contributed by atoms with van der Waals surface area (Å²) in [4.78, 5) is 0. The van der Waals surface area contributed by atoms with Gasteiger partial charge in [0.2, 0.25) is 0 Å². The highest BCUT2D eigenvalue weighted by Gasteiger charge is 2.03. The van der Waals surface area contributed by atoms with Gasteiger partial charge in [-0.1, -0.05) is 28.1 Å². The molecule has 0 amide bonds. The number of rotatable bonds is 6. The van der Waals surface area contributed by atoms with E-state index in [9.17, 15) is 4.39 Å². The third kappa shape index (κ3) is 5.14. The van der Waals surface area contributed by atoms with Crippen molar-refractivity contribution in [3.05, 3.63) is 63.9 Å².